The Morgan fingerprint density at radius 1 is 1.15 bits per heavy atom. The number of carbonyl (C=O) groups excluding carboxylic acids is 1. The van der Waals surface area contributed by atoms with Crippen LogP contribution in [0.5, 0.6) is 0 Å². The van der Waals surface area contributed by atoms with Crippen molar-refractivity contribution in [3.05, 3.63) is 58.5 Å². The molecular formula is C24H27ClN8O. The lowest BCUT2D eigenvalue weighted by atomic mass is 9.73. The standard InChI is InChI=1S/C24H27ClN8O/c25-16-2-3-17-15(12-16)13-24(21(17)26)5-10-31(11-6-24)18-14-28-20(22(27)30-18)23(34)32-8-1-9-33-19(32)4-7-29-33/h2-4,7,12,14,21H,1,5-6,8-11,13,26H2,(H2,27,30). The Bertz CT molecular complexity index is 1270. The van der Waals surface area contributed by atoms with Crippen molar-refractivity contribution in [2.24, 2.45) is 11.1 Å². The molecular weight excluding hydrogens is 452 g/mol. The Morgan fingerprint density at radius 2 is 1.97 bits per heavy atom. The average Bonchev–Trinajstić information content (AvgIpc) is 3.42. The fourth-order valence-corrected chi connectivity index (χ4v) is 5.98. The molecule has 6 rings (SSSR count). The molecule has 3 aliphatic rings. The number of nitrogen functional groups attached to an aromatic ring is 1. The number of nitrogens with two attached hydrogens (primary N) is 2. The minimum Gasteiger partial charge on any atom is -0.382 e. The Kier molecular flexibility index (Phi) is 5.00. The topological polar surface area (TPSA) is 119 Å². The third-order valence-corrected chi connectivity index (χ3v) is 7.92. The number of carbonyl (C=O) groups is 1. The van der Waals surface area contributed by atoms with E-state index in [4.69, 9.17) is 23.1 Å². The molecule has 1 aliphatic carbocycles. The summed E-state index contributed by atoms with van der Waals surface area (Å²) < 4.78 is 1.82. The molecule has 1 spiro atoms. The lowest BCUT2D eigenvalue weighted by Gasteiger charge is -2.42. The van der Waals surface area contributed by atoms with E-state index in [0.29, 0.717) is 12.4 Å². The number of hydrogen-bond donors (Lipinski definition) is 2. The number of aromatic nitrogens is 4. The number of nitrogens with zero attached hydrogens (tertiary/aromatic N) is 6. The summed E-state index contributed by atoms with van der Waals surface area (Å²) in [6.07, 6.45) is 7.03. The predicted molar refractivity (Wildman–Crippen MR) is 131 cm³/mol. The van der Waals surface area contributed by atoms with Gasteiger partial charge in [0.25, 0.3) is 5.91 Å². The van der Waals surface area contributed by atoms with Gasteiger partial charge in [-0.1, -0.05) is 17.7 Å². The summed E-state index contributed by atoms with van der Waals surface area (Å²) in [7, 11) is 0. The molecule has 2 aromatic heterocycles. The average molecular weight is 479 g/mol. The van der Waals surface area contributed by atoms with Gasteiger partial charge in [-0.15, -0.1) is 0 Å². The summed E-state index contributed by atoms with van der Waals surface area (Å²) >= 11 is 6.21. The van der Waals surface area contributed by atoms with Gasteiger partial charge in [-0.3, -0.25) is 9.69 Å². The molecule has 0 bridgehead atoms. The third kappa shape index (κ3) is 3.33. The third-order valence-electron chi connectivity index (χ3n) is 7.68. The minimum atomic E-state index is -0.246. The van der Waals surface area contributed by atoms with Crippen LogP contribution in [-0.2, 0) is 13.0 Å². The minimum absolute atomic E-state index is 0.0102. The number of hydrogen-bond acceptors (Lipinski definition) is 7. The van der Waals surface area contributed by atoms with Crippen molar-refractivity contribution in [2.45, 2.75) is 38.3 Å². The van der Waals surface area contributed by atoms with E-state index in [9.17, 15) is 4.79 Å². The van der Waals surface area contributed by atoms with Gasteiger partial charge in [0.05, 0.1) is 12.4 Å². The van der Waals surface area contributed by atoms with E-state index < -0.39 is 0 Å². The Hall–Kier alpha value is -3.17. The molecule has 0 saturated carbocycles. The van der Waals surface area contributed by atoms with Crippen LogP contribution < -0.4 is 21.3 Å². The van der Waals surface area contributed by atoms with E-state index in [1.165, 1.54) is 11.1 Å². The number of rotatable bonds is 2. The summed E-state index contributed by atoms with van der Waals surface area (Å²) in [5, 5.41) is 5.03. The number of benzene rings is 1. The molecule has 1 saturated heterocycles. The van der Waals surface area contributed by atoms with E-state index in [0.717, 1.165) is 56.2 Å². The SMILES string of the molecule is Nc1nc(N2CCC3(CC2)Cc2cc(Cl)ccc2C3N)cnc1C(=O)N1CCCn2nccc21. The maximum Gasteiger partial charge on any atom is 0.281 e. The highest BCUT2D eigenvalue weighted by Crippen LogP contribution is 2.51. The second kappa shape index (κ2) is 7.95. The number of anilines is 3. The van der Waals surface area contributed by atoms with E-state index in [1.807, 2.05) is 16.8 Å². The van der Waals surface area contributed by atoms with E-state index in [-0.39, 0.29) is 28.9 Å². The Labute approximate surface area is 202 Å². The van der Waals surface area contributed by atoms with E-state index in [1.54, 1.807) is 17.3 Å². The Morgan fingerprint density at radius 3 is 2.76 bits per heavy atom. The van der Waals surface area contributed by atoms with Crippen molar-refractivity contribution in [2.75, 3.05) is 35.2 Å². The molecule has 1 unspecified atom stereocenters. The van der Waals surface area contributed by atoms with Crippen molar-refractivity contribution in [1.82, 2.24) is 19.7 Å². The van der Waals surface area contributed by atoms with Gasteiger partial charge in [0.15, 0.2) is 11.5 Å². The quantitative estimate of drug-likeness (QED) is 0.581. The van der Waals surface area contributed by atoms with Crippen molar-refractivity contribution in [3.8, 4) is 0 Å². The molecule has 10 heteroatoms. The summed E-state index contributed by atoms with van der Waals surface area (Å²) in [6.45, 7) is 3.02. The molecule has 34 heavy (non-hydrogen) atoms. The number of halogens is 1. The Balaban J connectivity index is 1.17. The summed E-state index contributed by atoms with van der Waals surface area (Å²) in [4.78, 5) is 26.0. The van der Waals surface area contributed by atoms with Crippen LogP contribution >= 0.6 is 11.6 Å². The molecule has 1 aromatic carbocycles. The molecule has 0 radical (unpaired) electrons. The molecule has 3 aromatic rings. The van der Waals surface area contributed by atoms with Crippen molar-refractivity contribution in [1.29, 1.82) is 0 Å². The van der Waals surface area contributed by atoms with Gasteiger partial charge in [-0.2, -0.15) is 5.10 Å². The summed E-state index contributed by atoms with van der Waals surface area (Å²) in [6, 6.07) is 7.89. The highest BCUT2D eigenvalue weighted by Gasteiger charge is 2.46. The van der Waals surface area contributed by atoms with Gasteiger partial charge in [-0.25, -0.2) is 14.6 Å². The fourth-order valence-electron chi connectivity index (χ4n) is 5.78. The van der Waals surface area contributed by atoms with Gasteiger partial charge in [0.2, 0.25) is 0 Å². The van der Waals surface area contributed by atoms with Crippen LogP contribution in [0.25, 0.3) is 0 Å². The van der Waals surface area contributed by atoms with Gasteiger partial charge >= 0.3 is 0 Å². The highest BCUT2D eigenvalue weighted by molar-refractivity contribution is 6.30. The van der Waals surface area contributed by atoms with Crippen molar-refractivity contribution in [3.63, 3.8) is 0 Å². The molecule has 1 fully saturated rings. The zero-order chi connectivity index (χ0) is 23.4. The number of amides is 1. The maximum atomic E-state index is 13.2. The second-order valence-corrected chi connectivity index (χ2v) is 9.97. The fraction of sp³-hybridized carbons (Fsp3) is 0.417. The van der Waals surface area contributed by atoms with E-state index >= 15 is 0 Å². The summed E-state index contributed by atoms with van der Waals surface area (Å²) in [5.41, 5.74) is 15.6. The largest absolute Gasteiger partial charge is 0.382 e. The smallest absolute Gasteiger partial charge is 0.281 e. The first-order valence-corrected chi connectivity index (χ1v) is 12.1. The molecule has 4 heterocycles. The maximum absolute atomic E-state index is 13.2. The van der Waals surface area contributed by atoms with Crippen molar-refractivity contribution >= 4 is 35.0 Å². The molecule has 2 aliphatic heterocycles. The molecule has 4 N–H and O–H groups in total. The predicted octanol–water partition coefficient (Wildman–Crippen LogP) is 2.80. The first kappa shape index (κ1) is 21.4. The number of piperidine rings is 1. The molecule has 1 atom stereocenters. The monoisotopic (exact) mass is 478 g/mol. The van der Waals surface area contributed by atoms with Crippen LogP contribution in [0.15, 0.2) is 36.7 Å². The van der Waals surface area contributed by atoms with Gasteiger partial charge in [0, 0.05) is 43.3 Å². The lowest BCUT2D eigenvalue weighted by Crippen LogP contribution is -2.44. The first-order chi connectivity index (χ1) is 16.4. The summed E-state index contributed by atoms with van der Waals surface area (Å²) in [5.74, 6) is 1.36. The zero-order valence-electron chi connectivity index (χ0n) is 18.8. The van der Waals surface area contributed by atoms with Gasteiger partial charge < -0.3 is 16.4 Å². The lowest BCUT2D eigenvalue weighted by molar-refractivity contribution is 0.0977. The van der Waals surface area contributed by atoms with Crippen LogP contribution in [0.1, 0.15) is 46.9 Å². The van der Waals surface area contributed by atoms with E-state index in [2.05, 4.69) is 32.1 Å². The van der Waals surface area contributed by atoms with Crippen LogP contribution in [-0.4, -0.2) is 45.3 Å². The number of fused-ring (bicyclic) bond motifs is 2. The first-order valence-electron chi connectivity index (χ1n) is 11.7. The second-order valence-electron chi connectivity index (χ2n) is 9.53. The van der Waals surface area contributed by atoms with Crippen LogP contribution in [0.2, 0.25) is 5.02 Å². The van der Waals surface area contributed by atoms with Crippen LogP contribution in [0, 0.1) is 5.41 Å². The highest BCUT2D eigenvalue weighted by atomic mass is 35.5. The normalized spacial score (nSPS) is 20.9. The molecule has 1 amide bonds. The molecule has 176 valence electrons. The number of aryl methyl sites for hydroxylation is 1. The van der Waals surface area contributed by atoms with Gasteiger partial charge in [0.1, 0.15) is 11.6 Å². The zero-order valence-corrected chi connectivity index (χ0v) is 19.6. The van der Waals surface area contributed by atoms with Crippen LogP contribution in [0.3, 0.4) is 0 Å². The van der Waals surface area contributed by atoms with Crippen LogP contribution in [0.4, 0.5) is 17.5 Å². The van der Waals surface area contributed by atoms with Crippen molar-refractivity contribution < 1.29 is 4.79 Å². The molecule has 9 nitrogen and oxygen atoms in total. The van der Waals surface area contributed by atoms with Gasteiger partial charge in [-0.05, 0) is 54.4 Å².